The number of carbonyl (C=O) groups excluding carboxylic acids is 1. The summed E-state index contributed by atoms with van der Waals surface area (Å²) in [5, 5.41) is 8.08. The third-order valence-electron chi connectivity index (χ3n) is 3.82. The zero-order chi connectivity index (χ0) is 14.1. The number of rotatable bonds is 3. The van der Waals surface area contributed by atoms with Crippen LogP contribution in [0.4, 0.5) is 0 Å². The van der Waals surface area contributed by atoms with Crippen LogP contribution >= 0.6 is 0 Å². The molecule has 0 radical (unpaired) electrons. The predicted octanol–water partition coefficient (Wildman–Crippen LogP) is 1.95. The minimum atomic E-state index is -0.00907. The molecule has 6 nitrogen and oxygen atoms in total. The van der Waals surface area contributed by atoms with Crippen molar-refractivity contribution in [3.63, 3.8) is 0 Å². The fourth-order valence-corrected chi connectivity index (χ4v) is 2.69. The van der Waals surface area contributed by atoms with E-state index in [1.165, 1.54) is 0 Å². The van der Waals surface area contributed by atoms with Crippen LogP contribution in [0.5, 0.6) is 0 Å². The van der Waals surface area contributed by atoms with E-state index >= 15 is 0 Å². The van der Waals surface area contributed by atoms with Crippen LogP contribution in [0.15, 0.2) is 22.9 Å². The van der Waals surface area contributed by atoms with Crippen molar-refractivity contribution >= 4 is 5.91 Å². The van der Waals surface area contributed by atoms with Crippen LogP contribution in [0.2, 0.25) is 0 Å². The minimum absolute atomic E-state index is 0.00180. The van der Waals surface area contributed by atoms with Crippen molar-refractivity contribution in [2.45, 2.75) is 32.2 Å². The van der Waals surface area contributed by atoms with Gasteiger partial charge in [-0.1, -0.05) is 12.1 Å². The number of hydrogen-bond donors (Lipinski definition) is 0. The van der Waals surface area contributed by atoms with E-state index in [1.807, 2.05) is 17.9 Å². The summed E-state index contributed by atoms with van der Waals surface area (Å²) in [5.41, 5.74) is 1.53. The Labute approximate surface area is 117 Å². The fraction of sp³-hybridized carbons (Fsp3) is 0.500. The lowest BCUT2D eigenvalue weighted by Crippen LogP contribution is -2.31. The maximum atomic E-state index is 12.6. The smallest absolute Gasteiger partial charge is 0.272 e. The highest BCUT2D eigenvalue weighted by Gasteiger charge is 2.34. The molecule has 0 bridgehead atoms. The molecule has 3 rings (SSSR count). The molecule has 0 unspecified atom stereocenters. The van der Waals surface area contributed by atoms with Crippen molar-refractivity contribution in [3.8, 4) is 0 Å². The molecule has 6 heteroatoms. The molecule has 1 saturated heterocycles. The lowest BCUT2D eigenvalue weighted by atomic mass is 10.1. The topological polar surface area (TPSA) is 64.2 Å². The Morgan fingerprint density at radius 2 is 2.40 bits per heavy atom. The zero-order valence-electron chi connectivity index (χ0n) is 11.7. The Bertz CT molecular complexity index is 616. The van der Waals surface area contributed by atoms with Gasteiger partial charge in [-0.3, -0.25) is 9.48 Å². The molecule has 0 N–H and O–H groups in total. The van der Waals surface area contributed by atoms with Gasteiger partial charge in [-0.05, 0) is 25.3 Å². The number of hydrogen-bond acceptors (Lipinski definition) is 4. The maximum Gasteiger partial charge on any atom is 0.272 e. The van der Waals surface area contributed by atoms with E-state index in [2.05, 4.69) is 10.3 Å². The number of aromatic nitrogens is 3. The molecule has 106 valence electrons. The van der Waals surface area contributed by atoms with Gasteiger partial charge in [0, 0.05) is 25.9 Å². The molecular formula is C14H18N4O2. The normalized spacial score (nSPS) is 18.7. The van der Waals surface area contributed by atoms with Crippen LogP contribution in [-0.4, -0.2) is 32.3 Å². The van der Waals surface area contributed by atoms with E-state index < -0.39 is 0 Å². The monoisotopic (exact) mass is 274 g/mol. The highest BCUT2D eigenvalue weighted by atomic mass is 16.5. The Morgan fingerprint density at radius 3 is 3.05 bits per heavy atom. The SMILES string of the molecule is CCc1cc([C@@H]2CCCN2C(=O)c2ccnn2C)on1. The second-order valence-electron chi connectivity index (χ2n) is 5.07. The van der Waals surface area contributed by atoms with E-state index in [0.29, 0.717) is 5.69 Å². The number of likely N-dealkylation sites (tertiary alicyclic amines) is 1. The van der Waals surface area contributed by atoms with E-state index in [9.17, 15) is 4.79 Å². The summed E-state index contributed by atoms with van der Waals surface area (Å²) in [4.78, 5) is 14.5. The largest absolute Gasteiger partial charge is 0.359 e. The number of nitrogens with zero attached hydrogens (tertiary/aromatic N) is 4. The van der Waals surface area contributed by atoms with Gasteiger partial charge in [-0.15, -0.1) is 0 Å². The zero-order valence-corrected chi connectivity index (χ0v) is 11.7. The molecule has 3 heterocycles. The van der Waals surface area contributed by atoms with Crippen molar-refractivity contribution in [2.75, 3.05) is 6.54 Å². The third kappa shape index (κ3) is 2.11. The lowest BCUT2D eigenvalue weighted by molar-refractivity contribution is 0.0703. The third-order valence-corrected chi connectivity index (χ3v) is 3.82. The summed E-state index contributed by atoms with van der Waals surface area (Å²) >= 11 is 0. The number of carbonyl (C=O) groups is 1. The second-order valence-corrected chi connectivity index (χ2v) is 5.07. The quantitative estimate of drug-likeness (QED) is 0.858. The first-order valence-electron chi connectivity index (χ1n) is 6.95. The Kier molecular flexibility index (Phi) is 3.30. The van der Waals surface area contributed by atoms with Gasteiger partial charge in [0.25, 0.3) is 5.91 Å². The van der Waals surface area contributed by atoms with Crippen LogP contribution in [0, 0.1) is 0 Å². The van der Waals surface area contributed by atoms with Crippen molar-refractivity contribution in [1.29, 1.82) is 0 Å². The molecule has 0 saturated carbocycles. The molecule has 1 aliphatic heterocycles. The fourth-order valence-electron chi connectivity index (χ4n) is 2.69. The van der Waals surface area contributed by atoms with Gasteiger partial charge < -0.3 is 9.42 Å². The molecular weight excluding hydrogens is 256 g/mol. The van der Waals surface area contributed by atoms with Gasteiger partial charge >= 0.3 is 0 Å². The van der Waals surface area contributed by atoms with Crippen LogP contribution in [0.1, 0.15) is 47.7 Å². The van der Waals surface area contributed by atoms with Crippen LogP contribution in [0.25, 0.3) is 0 Å². The molecule has 2 aromatic heterocycles. The van der Waals surface area contributed by atoms with E-state index in [1.54, 1.807) is 24.0 Å². The van der Waals surface area contributed by atoms with Crippen LogP contribution < -0.4 is 0 Å². The van der Waals surface area contributed by atoms with E-state index in [0.717, 1.165) is 37.3 Å². The first-order chi connectivity index (χ1) is 9.70. The van der Waals surface area contributed by atoms with Crippen molar-refractivity contribution in [1.82, 2.24) is 19.8 Å². The van der Waals surface area contributed by atoms with Crippen molar-refractivity contribution in [2.24, 2.45) is 7.05 Å². The lowest BCUT2D eigenvalue weighted by Gasteiger charge is -2.22. The standard InChI is InChI=1S/C14H18N4O2/c1-3-10-9-13(20-16-10)11-5-4-8-18(11)14(19)12-6-7-15-17(12)2/h6-7,9,11H,3-5,8H2,1-2H3/t11-/m0/s1. The molecule has 0 aliphatic carbocycles. The molecule has 1 amide bonds. The van der Waals surface area contributed by atoms with Gasteiger partial charge in [0.05, 0.1) is 11.7 Å². The van der Waals surface area contributed by atoms with Gasteiger partial charge in [0.2, 0.25) is 0 Å². The van der Waals surface area contributed by atoms with Gasteiger partial charge in [0.1, 0.15) is 5.69 Å². The first kappa shape index (κ1) is 12.9. The molecule has 1 aliphatic rings. The van der Waals surface area contributed by atoms with E-state index in [-0.39, 0.29) is 11.9 Å². The Balaban J connectivity index is 1.85. The second kappa shape index (κ2) is 5.11. The average Bonchev–Trinajstić information content (AvgIpc) is 3.17. The van der Waals surface area contributed by atoms with Gasteiger partial charge in [-0.25, -0.2) is 0 Å². The van der Waals surface area contributed by atoms with Crippen LogP contribution in [0.3, 0.4) is 0 Å². The Morgan fingerprint density at radius 1 is 1.55 bits per heavy atom. The van der Waals surface area contributed by atoms with Crippen molar-refractivity contribution in [3.05, 3.63) is 35.5 Å². The van der Waals surface area contributed by atoms with Crippen LogP contribution in [-0.2, 0) is 13.5 Å². The van der Waals surface area contributed by atoms with Gasteiger partial charge in [0.15, 0.2) is 5.76 Å². The summed E-state index contributed by atoms with van der Waals surface area (Å²) in [5.74, 6) is 0.789. The maximum absolute atomic E-state index is 12.6. The van der Waals surface area contributed by atoms with Gasteiger partial charge in [-0.2, -0.15) is 5.10 Å². The van der Waals surface area contributed by atoms with E-state index in [4.69, 9.17) is 4.52 Å². The van der Waals surface area contributed by atoms with Crippen molar-refractivity contribution < 1.29 is 9.32 Å². The summed E-state index contributed by atoms with van der Waals surface area (Å²) < 4.78 is 7.01. The number of aryl methyl sites for hydroxylation is 2. The summed E-state index contributed by atoms with van der Waals surface area (Å²) in [7, 11) is 1.78. The predicted molar refractivity (Wildman–Crippen MR) is 72.1 cm³/mol. The molecule has 0 aromatic carbocycles. The Hall–Kier alpha value is -2.11. The summed E-state index contributed by atoms with van der Waals surface area (Å²) in [6, 6.07) is 3.69. The average molecular weight is 274 g/mol. The highest BCUT2D eigenvalue weighted by molar-refractivity contribution is 5.92. The minimum Gasteiger partial charge on any atom is -0.359 e. The molecule has 2 aromatic rings. The molecule has 1 fully saturated rings. The molecule has 1 atom stereocenters. The summed E-state index contributed by atoms with van der Waals surface area (Å²) in [6.07, 6.45) is 4.38. The molecule has 20 heavy (non-hydrogen) atoms. The highest BCUT2D eigenvalue weighted by Crippen LogP contribution is 2.33. The number of amides is 1. The summed E-state index contributed by atoms with van der Waals surface area (Å²) in [6.45, 7) is 2.78. The first-order valence-corrected chi connectivity index (χ1v) is 6.95. The molecule has 0 spiro atoms.